The number of methoxy groups -OCH3 is 1. The second-order valence-electron chi connectivity index (χ2n) is 31.2. The molecule has 0 bridgehead atoms. The normalized spacial score (nSPS) is 11.7. The summed E-state index contributed by atoms with van der Waals surface area (Å²) in [6.45, 7) is 25.8. The van der Waals surface area contributed by atoms with Crippen molar-refractivity contribution in [3.05, 3.63) is 262 Å². The molecule has 0 aromatic heterocycles. The van der Waals surface area contributed by atoms with Gasteiger partial charge in [-0.05, 0) is 120 Å². The molecule has 0 atom stereocenters. The van der Waals surface area contributed by atoms with Crippen LogP contribution in [-0.2, 0) is 40.5 Å². The number of ether oxygens (including phenoxy) is 6. The van der Waals surface area contributed by atoms with Crippen molar-refractivity contribution < 1.29 is 187 Å². The van der Waals surface area contributed by atoms with Gasteiger partial charge in [-0.15, -0.1) is 10.2 Å². The van der Waals surface area contributed by atoms with E-state index in [2.05, 4.69) is 119 Å². The van der Waals surface area contributed by atoms with Crippen LogP contribution in [0.5, 0.6) is 40.2 Å². The zero-order valence-corrected chi connectivity index (χ0v) is 86.2. The first-order valence-corrected chi connectivity index (χ1v) is 54.8. The van der Waals surface area contributed by atoms with Crippen molar-refractivity contribution in [2.45, 2.75) is 216 Å². The minimum atomic E-state index is -10.7. The maximum absolute atomic E-state index is 12.6. The maximum atomic E-state index is 12.6. The Morgan fingerprint density at radius 1 is 0.411 bits per heavy atom. The van der Waals surface area contributed by atoms with Gasteiger partial charge in [0.2, 0.25) is 33.9 Å². The molecule has 0 heterocycles. The number of benzene rings is 10. The van der Waals surface area contributed by atoms with E-state index in [1.807, 2.05) is 52.0 Å². The van der Waals surface area contributed by atoms with Crippen molar-refractivity contribution in [1.82, 2.24) is 0 Å². The van der Waals surface area contributed by atoms with Crippen molar-refractivity contribution in [3.8, 4) is 40.2 Å². The number of nitrogens with zero attached hydrogens (tertiary/aromatic N) is 4. The zero-order chi connectivity index (χ0) is 107. The van der Waals surface area contributed by atoms with Crippen LogP contribution in [0.15, 0.2) is 208 Å². The summed E-state index contributed by atoms with van der Waals surface area (Å²) in [5.74, 6) is -10.8. The number of diazo groups is 2. The van der Waals surface area contributed by atoms with Crippen LogP contribution in [0.3, 0.4) is 0 Å². The van der Waals surface area contributed by atoms with Gasteiger partial charge < -0.3 is 51.7 Å². The number of carbonyl (C=O) groups is 1. The van der Waals surface area contributed by atoms with Crippen LogP contribution < -0.4 is 68.3 Å². The van der Waals surface area contributed by atoms with Gasteiger partial charge in [0.05, 0.1) is 60.4 Å². The van der Waals surface area contributed by atoms with E-state index in [0.29, 0.717) is 89.8 Å². The summed E-state index contributed by atoms with van der Waals surface area (Å²) in [4.78, 5) is 15.7. The maximum Gasteiger partial charge on any atom is 0.357 e. The van der Waals surface area contributed by atoms with E-state index in [1.54, 1.807) is 72.8 Å². The summed E-state index contributed by atoms with van der Waals surface area (Å²) in [6.07, 6.45) is 17.8. The van der Waals surface area contributed by atoms with Crippen LogP contribution in [0.1, 0.15) is 229 Å². The summed E-state index contributed by atoms with van der Waals surface area (Å²) >= 11 is 0.0287. The molecule has 0 spiro atoms. The molecule has 0 aliphatic heterocycles. The topological polar surface area (TPSA) is 470 Å². The van der Waals surface area contributed by atoms with E-state index >= 15 is 0 Å². The largest absolute Gasteiger partial charge is 0.744 e. The summed E-state index contributed by atoms with van der Waals surface area (Å²) in [5, 5.41) is 29.5. The smallest absolute Gasteiger partial charge is 0.357 e. The molecule has 10 aromatic rings. The predicted octanol–water partition coefficient (Wildman–Crippen LogP) is 19.5. The van der Waals surface area contributed by atoms with Crippen LogP contribution in [0, 0.1) is 57.3 Å². The minimum Gasteiger partial charge on any atom is -0.744 e. The summed E-state index contributed by atoms with van der Waals surface area (Å²) in [7, 11) is -33.9. The first-order valence-electron chi connectivity index (χ1n) is 43.7. The molecule has 0 unspecified atom stereocenters. The standard InChI is InChI=1S/C24H41N2O3.C15H24O3S.C14H21N2O2.C14H12O6S.C12H10I.C10H8O3S.C6HF5O3S.ClHO4.F6P/c1-4-7-10-13-16-27-21-19-22(28-17-14-11-8-5-2)24(26-25)23(20-21)29-18-15-12-9-6-3;1-9(2)12-7-13(10(3)4)15(19(16,17)18)14(8-12)11(5)6;1-3-5-9-17-12-7-8-13(16-15)14(11-12)18-10-6-4-2;1-20-12-8-11(15)10(7-13(12)21(17,18)19)14(16)9-5-3-2-4-6-9;1-3-7-11(8-4-1)13-12-9-5-2-6-10-12;11-14(12,13)10-7-3-5-8-4-1-2-6-9(8)10;7-1-2(8)4(10)6(15(12,13)14)5(11)3(1)9;2-1(3,4)5;1-7(2,3,4,5)6/h19-20H,4-18H2,1-3H3;7-11H,1-6H3,(H,16,17,18);7-8,11H,3-6,9-10H2,1-2H3;2-8,15H,1H3,(H,17,18,19);1-10H;1-7H,(H,11,12,13);(H,12,13,14);(H,2,3,4,5);/q+1;;+1;;+1;;;;-1/p-5. The fourth-order valence-corrected chi connectivity index (χ4v) is 17.3. The molecule has 0 radical (unpaired) electrons. The quantitative estimate of drug-likeness (QED) is 0.00432. The molecular weight excluding hydrogens is 2110 g/mol. The van der Waals surface area contributed by atoms with E-state index in [0.717, 1.165) is 93.7 Å². The Kier molecular flexibility index (Phi) is 54.3. The van der Waals surface area contributed by atoms with Crippen molar-refractivity contribution in [1.29, 1.82) is 10.8 Å². The first kappa shape index (κ1) is 127. The number of carbonyl (C=O) groups excluding carboxylic acids is 1. The molecule has 0 amide bonds. The SMILES string of the molecule is CC(C)c1cc(C(C)C)c(S(=O)(=O)[O-])c(C(C)C)c1.CCCCCCOc1cc(OCCCCCC)c([N+]#N)c(OCCCCCC)c1.CCCCOc1ccc([N+]#N)c(OCCCC)c1.COc1cc(O)c(C(=O)c2ccccc2)cc1S(=O)(=O)[O-].F[P-](F)(F)(F)(F)F.O=S(=O)([O-])c1c(F)c(F)c(F)c(F)c1F.O=S(=O)([O-])c1cccc2ccccc12.[O-][Cl+3]([O-])([O-])[O-].c1ccc([I+]c2ccccc2)cc1. The molecular formula is C95H113ClF11IN4O24PS4-3. The molecule has 1 N–H and O–H groups in total. The fraction of sp³-hybridized carbons (Fsp3) is 0.379. The molecule has 141 heavy (non-hydrogen) atoms. The molecule has 0 fully saturated rings. The van der Waals surface area contributed by atoms with Crippen molar-refractivity contribution >= 4 is 76.2 Å². The van der Waals surface area contributed by atoms with Crippen LogP contribution in [0.25, 0.3) is 20.7 Å². The fourth-order valence-electron chi connectivity index (χ4n) is 11.9. The van der Waals surface area contributed by atoms with Gasteiger partial charge in [0.25, 0.3) is 0 Å². The number of fused-ring (bicyclic) bond motifs is 1. The Hall–Kier alpha value is -10.3. The van der Waals surface area contributed by atoms with Crippen molar-refractivity contribution in [2.24, 2.45) is 0 Å². The Labute approximate surface area is 827 Å². The number of halogens is 13. The molecule has 0 saturated carbocycles. The Balaban J connectivity index is 0.000000551. The van der Waals surface area contributed by atoms with Crippen molar-refractivity contribution in [3.63, 3.8) is 0 Å². The van der Waals surface area contributed by atoms with E-state index in [1.165, 1.54) is 70.3 Å². The summed E-state index contributed by atoms with van der Waals surface area (Å²) < 4.78 is 324. The second-order valence-corrected chi connectivity index (χ2v) is 42.2. The number of hydrogen-bond donors (Lipinski definition) is 1. The third-order valence-corrected chi connectivity index (χ3v) is 25.0. The van der Waals surface area contributed by atoms with E-state index in [9.17, 15) is 114 Å². The van der Waals surface area contributed by atoms with Gasteiger partial charge in [-0.25, -0.2) is 74.3 Å². The number of hydrogen-bond acceptors (Lipinski definition) is 26. The van der Waals surface area contributed by atoms with E-state index in [4.69, 9.17) is 52.5 Å². The van der Waals surface area contributed by atoms with Gasteiger partial charge in [0, 0.05) is 35.9 Å². The molecule has 0 aliphatic carbocycles. The molecule has 28 nitrogen and oxygen atoms in total. The Morgan fingerprint density at radius 3 is 1.17 bits per heavy atom. The third kappa shape index (κ3) is 50.5. The van der Waals surface area contributed by atoms with Crippen LogP contribution in [0.4, 0.5) is 58.5 Å². The molecule has 780 valence electrons. The van der Waals surface area contributed by atoms with Gasteiger partial charge in [-0.1, -0.05) is 262 Å². The third-order valence-electron chi connectivity index (χ3n) is 18.7. The van der Waals surface area contributed by atoms with E-state index in [-0.39, 0.29) is 59.7 Å². The molecule has 46 heteroatoms. The Morgan fingerprint density at radius 2 is 0.780 bits per heavy atom. The van der Waals surface area contributed by atoms with Gasteiger partial charge in [-0.3, -0.25) is 4.79 Å². The average Bonchev–Trinajstić information content (AvgIpc) is 0.770. The van der Waals surface area contributed by atoms with Gasteiger partial charge in [-0.2, -0.15) is 0 Å². The monoisotopic (exact) mass is 2220 g/mol. The summed E-state index contributed by atoms with van der Waals surface area (Å²) in [5.41, 5.74) is 3.14. The molecule has 0 aliphatic rings. The number of aromatic hydroxyl groups is 1. The van der Waals surface area contributed by atoms with Gasteiger partial charge in [0.15, 0.2) is 46.1 Å². The van der Waals surface area contributed by atoms with E-state index < -0.39 is 109 Å². The number of rotatable bonds is 38. The van der Waals surface area contributed by atoms with Crippen LogP contribution in [-0.4, -0.2) is 103 Å². The van der Waals surface area contributed by atoms with Gasteiger partial charge in [0.1, 0.15) is 68.4 Å². The number of phenolic OH excluding ortho intramolecular Hbond substituents is 1. The zero-order valence-electron chi connectivity index (χ0n) is 79.1. The second kappa shape index (κ2) is 60.4. The Bertz CT molecular complexity index is 6020. The van der Waals surface area contributed by atoms with Gasteiger partial charge >= 0.3 is 65.6 Å². The molecule has 0 saturated heterocycles. The number of phenols is 1. The predicted molar refractivity (Wildman–Crippen MR) is 491 cm³/mol. The first-order chi connectivity index (χ1) is 65.6. The van der Waals surface area contributed by atoms with Crippen LogP contribution in [0.2, 0.25) is 0 Å². The van der Waals surface area contributed by atoms with Crippen molar-refractivity contribution in [2.75, 3.05) is 40.1 Å². The molecule has 10 aromatic carbocycles. The average molecular weight is 2230 g/mol. The number of unbranched alkanes of at least 4 members (excludes halogenated alkanes) is 11. The van der Waals surface area contributed by atoms with Crippen LogP contribution >= 0.6 is 7.81 Å². The minimum absolute atomic E-state index is 0.00919. The summed E-state index contributed by atoms with van der Waals surface area (Å²) in [6, 6.07) is 55.3. The number of ketones is 1. The molecule has 10 rings (SSSR count).